The lowest BCUT2D eigenvalue weighted by Crippen LogP contribution is -2.22. The van der Waals surface area contributed by atoms with Gasteiger partial charge in [0.1, 0.15) is 5.17 Å². The van der Waals surface area contributed by atoms with Gasteiger partial charge < -0.3 is 11.1 Å². The van der Waals surface area contributed by atoms with Gasteiger partial charge in [0.25, 0.3) is 5.91 Å². The van der Waals surface area contributed by atoms with Crippen LogP contribution in [0.25, 0.3) is 0 Å². The first-order chi connectivity index (χ1) is 13.1. The van der Waals surface area contributed by atoms with Gasteiger partial charge in [0, 0.05) is 33.2 Å². The predicted octanol–water partition coefficient (Wildman–Crippen LogP) is 4.98. The Morgan fingerprint density at radius 3 is 2.63 bits per heavy atom. The van der Waals surface area contributed by atoms with Gasteiger partial charge in [-0.15, -0.1) is 0 Å². The Labute approximate surface area is 166 Å². The van der Waals surface area contributed by atoms with Gasteiger partial charge in [-0.25, -0.2) is 4.99 Å². The molecule has 134 valence electrons. The molecule has 1 aliphatic heterocycles. The molecule has 4 rings (SSSR count). The molecule has 0 radical (unpaired) electrons. The highest BCUT2D eigenvalue weighted by atomic mass is 35.5. The van der Waals surface area contributed by atoms with E-state index >= 15 is 0 Å². The van der Waals surface area contributed by atoms with E-state index in [1.807, 2.05) is 60.7 Å². The number of aliphatic imine (C=N–C) groups is 1. The summed E-state index contributed by atoms with van der Waals surface area (Å²) in [6, 6.07) is 20.8. The molecule has 1 amide bonds. The van der Waals surface area contributed by atoms with Crippen molar-refractivity contribution in [3.8, 4) is 0 Å². The van der Waals surface area contributed by atoms with Gasteiger partial charge in [0.2, 0.25) is 0 Å². The van der Waals surface area contributed by atoms with Gasteiger partial charge >= 0.3 is 0 Å². The summed E-state index contributed by atoms with van der Waals surface area (Å²) < 4.78 is 0. The number of hydrogen-bond acceptors (Lipinski definition) is 4. The predicted molar refractivity (Wildman–Crippen MR) is 111 cm³/mol. The SMILES string of the molecule is Nc1ccc(CNC(=O)c2ccc3c(c2)N=C(Cl)c2ccccc2S3)cc1. The Bertz CT molecular complexity index is 1050. The third-order valence-electron chi connectivity index (χ3n) is 4.20. The zero-order valence-electron chi connectivity index (χ0n) is 14.3. The number of halogens is 1. The van der Waals surface area contributed by atoms with E-state index in [4.69, 9.17) is 17.3 Å². The van der Waals surface area contributed by atoms with Crippen molar-refractivity contribution < 1.29 is 4.79 Å². The molecule has 0 aliphatic carbocycles. The molecule has 4 nitrogen and oxygen atoms in total. The van der Waals surface area contributed by atoms with Crippen molar-refractivity contribution in [1.82, 2.24) is 5.32 Å². The Morgan fingerprint density at radius 1 is 1.04 bits per heavy atom. The van der Waals surface area contributed by atoms with Crippen LogP contribution in [-0.2, 0) is 6.54 Å². The standard InChI is InChI=1S/C21H16ClN3OS/c22-20-16-3-1-2-4-18(16)27-19-10-7-14(11-17(19)25-20)21(26)24-12-13-5-8-15(23)9-6-13/h1-11H,12,23H2,(H,24,26). The number of nitrogens with zero attached hydrogens (tertiary/aromatic N) is 1. The molecule has 0 atom stereocenters. The normalized spacial score (nSPS) is 12.4. The molecular weight excluding hydrogens is 378 g/mol. The van der Waals surface area contributed by atoms with Crippen LogP contribution in [0.15, 0.2) is 81.5 Å². The van der Waals surface area contributed by atoms with Gasteiger partial charge in [0.05, 0.1) is 5.69 Å². The summed E-state index contributed by atoms with van der Waals surface area (Å²) in [4.78, 5) is 19.1. The summed E-state index contributed by atoms with van der Waals surface area (Å²) in [6.45, 7) is 0.431. The number of nitrogens with one attached hydrogen (secondary N) is 1. The van der Waals surface area contributed by atoms with E-state index in [1.165, 1.54) is 0 Å². The van der Waals surface area contributed by atoms with Crippen molar-refractivity contribution in [2.75, 3.05) is 5.73 Å². The van der Waals surface area contributed by atoms with E-state index in [0.717, 1.165) is 20.9 Å². The van der Waals surface area contributed by atoms with E-state index < -0.39 is 0 Å². The van der Waals surface area contributed by atoms with E-state index in [1.54, 1.807) is 17.8 Å². The zero-order valence-corrected chi connectivity index (χ0v) is 15.8. The second kappa shape index (κ2) is 7.47. The minimum Gasteiger partial charge on any atom is -0.399 e. The van der Waals surface area contributed by atoms with Crippen molar-refractivity contribution in [2.24, 2.45) is 4.99 Å². The third kappa shape index (κ3) is 3.84. The van der Waals surface area contributed by atoms with Crippen LogP contribution in [0.2, 0.25) is 0 Å². The lowest BCUT2D eigenvalue weighted by molar-refractivity contribution is 0.0951. The van der Waals surface area contributed by atoms with Crippen LogP contribution in [0.5, 0.6) is 0 Å². The van der Waals surface area contributed by atoms with Crippen molar-refractivity contribution in [3.05, 3.63) is 83.4 Å². The maximum absolute atomic E-state index is 12.5. The Hall–Kier alpha value is -2.76. The number of hydrogen-bond donors (Lipinski definition) is 2. The third-order valence-corrected chi connectivity index (χ3v) is 5.63. The van der Waals surface area contributed by atoms with Crippen LogP contribution in [0.3, 0.4) is 0 Å². The molecule has 3 N–H and O–H groups in total. The van der Waals surface area contributed by atoms with E-state index in [-0.39, 0.29) is 5.91 Å². The fourth-order valence-corrected chi connectivity index (χ4v) is 4.08. The monoisotopic (exact) mass is 393 g/mol. The van der Waals surface area contributed by atoms with Gasteiger partial charge in [-0.2, -0.15) is 0 Å². The number of fused-ring (bicyclic) bond motifs is 2. The van der Waals surface area contributed by atoms with E-state index in [0.29, 0.717) is 28.7 Å². The van der Waals surface area contributed by atoms with E-state index in [2.05, 4.69) is 10.3 Å². The second-order valence-corrected chi connectivity index (χ2v) is 7.55. The van der Waals surface area contributed by atoms with Crippen LogP contribution >= 0.6 is 23.4 Å². The summed E-state index contributed by atoms with van der Waals surface area (Å²) in [5.74, 6) is -0.160. The quantitative estimate of drug-likeness (QED) is 0.616. The minimum atomic E-state index is -0.160. The molecule has 3 aromatic rings. The summed E-state index contributed by atoms with van der Waals surface area (Å²) >= 11 is 7.99. The van der Waals surface area contributed by atoms with Crippen LogP contribution < -0.4 is 11.1 Å². The van der Waals surface area contributed by atoms with Crippen molar-refractivity contribution >= 4 is 45.8 Å². The van der Waals surface area contributed by atoms with Crippen molar-refractivity contribution in [3.63, 3.8) is 0 Å². The Morgan fingerprint density at radius 2 is 1.81 bits per heavy atom. The fourth-order valence-electron chi connectivity index (χ4n) is 2.76. The highest BCUT2D eigenvalue weighted by Crippen LogP contribution is 2.41. The number of carbonyl (C=O) groups excluding carboxylic acids is 1. The molecular formula is C21H16ClN3OS. The first-order valence-electron chi connectivity index (χ1n) is 8.38. The van der Waals surface area contributed by atoms with Crippen LogP contribution in [0, 0.1) is 0 Å². The molecule has 0 spiro atoms. The summed E-state index contributed by atoms with van der Waals surface area (Å²) in [5, 5.41) is 3.34. The first-order valence-corrected chi connectivity index (χ1v) is 9.58. The van der Waals surface area contributed by atoms with Gasteiger partial charge in [-0.3, -0.25) is 4.79 Å². The summed E-state index contributed by atoms with van der Waals surface area (Å²) in [5.41, 5.74) is 9.50. The maximum atomic E-state index is 12.5. The highest BCUT2D eigenvalue weighted by molar-refractivity contribution is 7.99. The molecule has 3 aromatic carbocycles. The molecule has 0 aromatic heterocycles. The molecule has 0 bridgehead atoms. The number of benzene rings is 3. The van der Waals surface area contributed by atoms with Crippen molar-refractivity contribution in [2.45, 2.75) is 16.3 Å². The van der Waals surface area contributed by atoms with Crippen molar-refractivity contribution in [1.29, 1.82) is 0 Å². The minimum absolute atomic E-state index is 0.160. The van der Waals surface area contributed by atoms with Crippen LogP contribution in [-0.4, -0.2) is 11.1 Å². The maximum Gasteiger partial charge on any atom is 0.251 e. The topological polar surface area (TPSA) is 67.5 Å². The molecule has 1 heterocycles. The fraction of sp³-hybridized carbons (Fsp3) is 0.0476. The highest BCUT2D eigenvalue weighted by Gasteiger charge is 2.17. The smallest absolute Gasteiger partial charge is 0.251 e. The van der Waals surface area contributed by atoms with Gasteiger partial charge in [0.15, 0.2) is 0 Å². The number of amides is 1. The molecule has 0 saturated carbocycles. The first kappa shape index (κ1) is 17.6. The van der Waals surface area contributed by atoms with Gasteiger partial charge in [-0.05, 0) is 42.0 Å². The molecule has 0 saturated heterocycles. The lowest BCUT2D eigenvalue weighted by Gasteiger charge is -2.08. The summed E-state index contributed by atoms with van der Waals surface area (Å²) in [7, 11) is 0. The number of nitrogens with two attached hydrogens (primary N) is 1. The molecule has 0 unspecified atom stereocenters. The molecule has 0 fully saturated rings. The molecule has 1 aliphatic rings. The average Bonchev–Trinajstić information content (AvgIpc) is 2.82. The Balaban J connectivity index is 1.56. The van der Waals surface area contributed by atoms with Gasteiger partial charge in [-0.1, -0.05) is 53.7 Å². The zero-order chi connectivity index (χ0) is 18.8. The second-order valence-electron chi connectivity index (χ2n) is 6.11. The number of carbonyl (C=O) groups is 1. The average molecular weight is 394 g/mol. The number of nitrogen functional groups attached to an aromatic ring is 1. The number of anilines is 1. The molecule has 6 heteroatoms. The summed E-state index contributed by atoms with van der Waals surface area (Å²) in [6.07, 6.45) is 0. The number of rotatable bonds is 3. The largest absolute Gasteiger partial charge is 0.399 e. The van der Waals surface area contributed by atoms with E-state index in [9.17, 15) is 4.79 Å². The van der Waals surface area contributed by atoms with Crippen LogP contribution in [0.4, 0.5) is 11.4 Å². The Kier molecular flexibility index (Phi) is 4.88. The lowest BCUT2D eigenvalue weighted by atomic mass is 10.1. The van der Waals surface area contributed by atoms with Crippen LogP contribution in [0.1, 0.15) is 21.5 Å². The molecule has 27 heavy (non-hydrogen) atoms.